The molecule has 1 aromatic rings. The van der Waals surface area contributed by atoms with Gasteiger partial charge in [0.15, 0.2) is 0 Å². The van der Waals surface area contributed by atoms with E-state index in [1.54, 1.807) is 0 Å². The van der Waals surface area contributed by atoms with Crippen LogP contribution in [0.25, 0.3) is 0 Å². The Morgan fingerprint density at radius 3 is 2.75 bits per heavy atom. The lowest BCUT2D eigenvalue weighted by Crippen LogP contribution is -2.35. The summed E-state index contributed by atoms with van der Waals surface area (Å²) in [5.41, 5.74) is 5.22. The summed E-state index contributed by atoms with van der Waals surface area (Å²) in [5, 5.41) is 42.5. The van der Waals surface area contributed by atoms with Crippen molar-refractivity contribution in [2.75, 3.05) is 17.7 Å². The molecule has 1 fully saturated rings. The maximum atomic E-state index is 11.0. The van der Waals surface area contributed by atoms with Crippen molar-refractivity contribution in [2.24, 2.45) is 5.92 Å². The third kappa shape index (κ3) is 2.50. The van der Waals surface area contributed by atoms with Gasteiger partial charge in [-0.25, -0.2) is 4.98 Å². The molecule has 0 bridgehead atoms. The molecular formula is C11H16N4O5. The summed E-state index contributed by atoms with van der Waals surface area (Å²) < 4.78 is 0. The highest BCUT2D eigenvalue weighted by Gasteiger charge is 2.41. The fourth-order valence-corrected chi connectivity index (χ4v) is 2.43. The molecule has 0 saturated heterocycles. The average molecular weight is 284 g/mol. The Hall–Kier alpha value is -1.97. The van der Waals surface area contributed by atoms with E-state index in [2.05, 4.69) is 10.3 Å². The fraction of sp³-hybridized carbons (Fsp3) is 0.545. The van der Waals surface area contributed by atoms with Gasteiger partial charge in [0.1, 0.15) is 11.8 Å². The minimum absolute atomic E-state index is 0.123. The summed E-state index contributed by atoms with van der Waals surface area (Å²) in [4.78, 5) is 14.0. The standard InChI is InChI=1S/C11H16N4O5/c12-11-8(15(19)20)6(1-2-13-11)14-7-3-5(4-16)9(17)10(7)18/h1-2,5,7,9-10,16-18H,3-4H2,(H3,12,13,14)/t5-,7-,9-,10+/m0/s1. The summed E-state index contributed by atoms with van der Waals surface area (Å²) >= 11 is 0. The van der Waals surface area contributed by atoms with Crippen LogP contribution in [0.2, 0.25) is 0 Å². The molecule has 1 aliphatic carbocycles. The number of nitro groups is 1. The average Bonchev–Trinajstić information content (AvgIpc) is 2.66. The predicted molar refractivity (Wildman–Crippen MR) is 69.9 cm³/mol. The highest BCUT2D eigenvalue weighted by Crippen LogP contribution is 2.33. The Kier molecular flexibility index (Phi) is 4.02. The van der Waals surface area contributed by atoms with Crippen LogP contribution in [0.1, 0.15) is 6.42 Å². The highest BCUT2D eigenvalue weighted by atomic mass is 16.6. The number of hydrogen-bond acceptors (Lipinski definition) is 8. The van der Waals surface area contributed by atoms with Gasteiger partial charge in [-0.1, -0.05) is 0 Å². The molecule has 20 heavy (non-hydrogen) atoms. The van der Waals surface area contributed by atoms with Crippen molar-refractivity contribution in [3.8, 4) is 0 Å². The SMILES string of the molecule is Nc1nccc(N[C@H]2C[C@@H](CO)[C@H](O)[C@@H]2O)c1[N+](=O)[O-]. The molecular weight excluding hydrogens is 268 g/mol. The summed E-state index contributed by atoms with van der Waals surface area (Å²) in [5.74, 6) is -0.701. The van der Waals surface area contributed by atoms with E-state index in [9.17, 15) is 20.3 Å². The normalized spacial score (nSPS) is 29.4. The topological polar surface area (TPSA) is 155 Å². The van der Waals surface area contributed by atoms with Crippen molar-refractivity contribution in [1.29, 1.82) is 0 Å². The quantitative estimate of drug-likeness (QED) is 0.351. The first-order valence-corrected chi connectivity index (χ1v) is 6.08. The maximum Gasteiger partial charge on any atom is 0.333 e. The van der Waals surface area contributed by atoms with Crippen LogP contribution in [-0.4, -0.2) is 50.1 Å². The molecule has 2 rings (SSSR count). The van der Waals surface area contributed by atoms with E-state index in [-0.39, 0.29) is 30.2 Å². The van der Waals surface area contributed by atoms with Gasteiger partial charge < -0.3 is 26.4 Å². The number of pyridine rings is 1. The molecule has 0 aliphatic heterocycles. The molecule has 0 spiro atoms. The van der Waals surface area contributed by atoms with E-state index in [0.717, 1.165) is 0 Å². The van der Waals surface area contributed by atoms with Crippen molar-refractivity contribution >= 4 is 17.2 Å². The third-order valence-electron chi connectivity index (χ3n) is 3.51. The van der Waals surface area contributed by atoms with Gasteiger partial charge >= 0.3 is 5.69 Å². The zero-order chi connectivity index (χ0) is 14.9. The smallest absolute Gasteiger partial charge is 0.333 e. The first-order valence-electron chi connectivity index (χ1n) is 6.08. The van der Waals surface area contributed by atoms with Gasteiger partial charge in [0, 0.05) is 18.7 Å². The molecule has 0 aromatic carbocycles. The van der Waals surface area contributed by atoms with Crippen LogP contribution in [0.4, 0.5) is 17.2 Å². The number of hydrogen-bond donors (Lipinski definition) is 5. The van der Waals surface area contributed by atoms with Crippen LogP contribution < -0.4 is 11.1 Å². The van der Waals surface area contributed by atoms with Gasteiger partial charge in [-0.05, 0) is 12.5 Å². The maximum absolute atomic E-state index is 11.0. The molecule has 9 heteroatoms. The van der Waals surface area contributed by atoms with Gasteiger partial charge in [-0.15, -0.1) is 0 Å². The number of aliphatic hydroxyl groups excluding tert-OH is 3. The zero-order valence-corrected chi connectivity index (χ0v) is 10.5. The third-order valence-corrected chi connectivity index (χ3v) is 3.51. The Morgan fingerprint density at radius 2 is 2.20 bits per heavy atom. The van der Waals surface area contributed by atoms with Crippen LogP contribution in [0, 0.1) is 16.0 Å². The highest BCUT2D eigenvalue weighted by molar-refractivity contribution is 5.71. The minimum Gasteiger partial charge on any atom is -0.396 e. The Labute approximate surface area is 114 Å². The summed E-state index contributed by atoms with van der Waals surface area (Å²) in [6.45, 7) is -0.267. The monoisotopic (exact) mass is 284 g/mol. The molecule has 1 saturated carbocycles. The zero-order valence-electron chi connectivity index (χ0n) is 10.5. The number of nitrogen functional groups attached to an aromatic ring is 1. The van der Waals surface area contributed by atoms with Crippen LogP contribution in [0.5, 0.6) is 0 Å². The molecule has 9 nitrogen and oxygen atoms in total. The van der Waals surface area contributed by atoms with E-state index in [0.29, 0.717) is 0 Å². The fourth-order valence-electron chi connectivity index (χ4n) is 2.43. The number of nitrogens with zero attached hydrogens (tertiary/aromatic N) is 2. The lowest BCUT2D eigenvalue weighted by molar-refractivity contribution is -0.383. The molecule has 1 aromatic heterocycles. The first-order chi connectivity index (χ1) is 9.45. The lowest BCUT2D eigenvalue weighted by Gasteiger charge is -2.19. The second kappa shape index (κ2) is 5.57. The second-order valence-electron chi connectivity index (χ2n) is 4.76. The van der Waals surface area contributed by atoms with Crippen molar-refractivity contribution in [3.05, 3.63) is 22.4 Å². The van der Waals surface area contributed by atoms with E-state index < -0.39 is 29.1 Å². The molecule has 6 N–H and O–H groups in total. The first kappa shape index (κ1) is 14.4. The summed E-state index contributed by atoms with van der Waals surface area (Å²) in [6.07, 6.45) is -0.596. The van der Waals surface area contributed by atoms with E-state index in [1.807, 2.05) is 0 Å². The van der Waals surface area contributed by atoms with Gasteiger partial charge in [0.2, 0.25) is 5.82 Å². The van der Waals surface area contributed by atoms with Crippen molar-refractivity contribution < 1.29 is 20.2 Å². The molecule has 1 aliphatic rings. The van der Waals surface area contributed by atoms with E-state index in [1.165, 1.54) is 12.3 Å². The molecule has 0 radical (unpaired) electrons. The predicted octanol–water partition coefficient (Wildman–Crippen LogP) is -0.914. The van der Waals surface area contributed by atoms with Crippen LogP contribution in [0.3, 0.4) is 0 Å². The minimum atomic E-state index is -1.12. The van der Waals surface area contributed by atoms with Crippen molar-refractivity contribution in [1.82, 2.24) is 4.98 Å². The Morgan fingerprint density at radius 1 is 1.50 bits per heavy atom. The second-order valence-corrected chi connectivity index (χ2v) is 4.76. The van der Waals surface area contributed by atoms with Gasteiger partial charge in [-0.2, -0.15) is 0 Å². The van der Waals surface area contributed by atoms with Crippen molar-refractivity contribution in [2.45, 2.75) is 24.7 Å². The van der Waals surface area contributed by atoms with Crippen molar-refractivity contribution in [3.63, 3.8) is 0 Å². The summed E-state index contributed by atoms with van der Waals surface area (Å²) in [6, 6.07) is 0.766. The number of aromatic nitrogens is 1. The lowest BCUT2D eigenvalue weighted by atomic mass is 10.1. The van der Waals surface area contributed by atoms with Gasteiger partial charge in [0.05, 0.1) is 17.1 Å². The van der Waals surface area contributed by atoms with E-state index in [4.69, 9.17) is 10.8 Å². The Bertz CT molecular complexity index is 512. The summed E-state index contributed by atoms with van der Waals surface area (Å²) in [7, 11) is 0. The molecule has 0 unspecified atom stereocenters. The van der Waals surface area contributed by atoms with Crippen LogP contribution >= 0.6 is 0 Å². The van der Waals surface area contributed by atoms with Crippen LogP contribution in [-0.2, 0) is 0 Å². The number of rotatable bonds is 4. The van der Waals surface area contributed by atoms with Crippen LogP contribution in [0.15, 0.2) is 12.3 Å². The number of anilines is 2. The number of nitrogens with two attached hydrogens (primary N) is 1. The molecule has 110 valence electrons. The molecule has 0 amide bonds. The Balaban J connectivity index is 2.23. The van der Waals surface area contributed by atoms with Gasteiger partial charge in [0.25, 0.3) is 0 Å². The molecule has 4 atom stereocenters. The molecule has 1 heterocycles. The van der Waals surface area contributed by atoms with Gasteiger partial charge in [-0.3, -0.25) is 10.1 Å². The van der Waals surface area contributed by atoms with E-state index >= 15 is 0 Å². The largest absolute Gasteiger partial charge is 0.396 e. The number of nitrogens with one attached hydrogen (secondary N) is 1. The number of aliphatic hydroxyl groups is 3.